The lowest BCUT2D eigenvalue weighted by molar-refractivity contribution is 1.45. The third-order valence-electron chi connectivity index (χ3n) is 2.01. The lowest BCUT2D eigenvalue weighted by Crippen LogP contribution is -1.81. The van der Waals surface area contributed by atoms with Crippen LogP contribution in [-0.2, 0) is 0 Å². The van der Waals surface area contributed by atoms with E-state index in [1.165, 1.54) is 11.1 Å². The van der Waals surface area contributed by atoms with Crippen LogP contribution in [0.5, 0.6) is 0 Å². The van der Waals surface area contributed by atoms with Crippen LogP contribution >= 0.6 is 0 Å². The number of nitrogens with zero attached hydrogens (tertiary/aromatic N) is 1. The molecule has 0 aliphatic rings. The zero-order valence-corrected chi connectivity index (χ0v) is 8.70. The van der Waals surface area contributed by atoms with Gasteiger partial charge in [-0.3, -0.25) is 4.99 Å². The Morgan fingerprint density at radius 1 is 1.29 bits per heavy atom. The molecule has 0 aliphatic heterocycles. The van der Waals surface area contributed by atoms with Gasteiger partial charge in [0.1, 0.15) is 0 Å². The average Bonchev–Trinajstić information content (AvgIpc) is 2.21. The molecule has 0 radical (unpaired) electrons. The standard InChI is InChI=1S/C13H15N/c1-4-12(9-10-14-3)13-7-5-11(2)6-8-13/h4-10H,1H2,2-3H3/b12-9+,14-10?. The van der Waals surface area contributed by atoms with Crippen molar-refractivity contribution in [3.63, 3.8) is 0 Å². The SMILES string of the molecule is C=C/C(=C\C=NC)c1ccc(C)cc1. The number of benzene rings is 1. The topological polar surface area (TPSA) is 12.4 Å². The first-order valence-corrected chi connectivity index (χ1v) is 4.60. The van der Waals surface area contributed by atoms with E-state index >= 15 is 0 Å². The Kier molecular flexibility index (Phi) is 3.86. The number of aryl methyl sites for hydroxylation is 1. The summed E-state index contributed by atoms with van der Waals surface area (Å²) in [5, 5.41) is 0. The van der Waals surface area contributed by atoms with E-state index in [9.17, 15) is 0 Å². The molecular weight excluding hydrogens is 170 g/mol. The van der Waals surface area contributed by atoms with Gasteiger partial charge in [-0.15, -0.1) is 0 Å². The van der Waals surface area contributed by atoms with E-state index in [2.05, 4.69) is 42.8 Å². The molecule has 0 atom stereocenters. The Hall–Kier alpha value is -1.63. The molecule has 0 spiro atoms. The van der Waals surface area contributed by atoms with Crippen LogP contribution in [0.3, 0.4) is 0 Å². The van der Waals surface area contributed by atoms with Crippen LogP contribution in [0.15, 0.2) is 48.0 Å². The summed E-state index contributed by atoms with van der Waals surface area (Å²) in [4.78, 5) is 3.92. The molecule has 1 aromatic rings. The Morgan fingerprint density at radius 2 is 1.93 bits per heavy atom. The van der Waals surface area contributed by atoms with Crippen molar-refractivity contribution < 1.29 is 0 Å². The van der Waals surface area contributed by atoms with Crippen molar-refractivity contribution in [3.05, 3.63) is 54.1 Å². The van der Waals surface area contributed by atoms with Crippen molar-refractivity contribution in [2.75, 3.05) is 7.05 Å². The molecule has 0 amide bonds. The zero-order chi connectivity index (χ0) is 10.4. The number of rotatable bonds is 3. The van der Waals surface area contributed by atoms with Crippen LogP contribution in [0.25, 0.3) is 5.57 Å². The van der Waals surface area contributed by atoms with Crippen molar-refractivity contribution in [2.45, 2.75) is 6.92 Å². The number of aliphatic imine (C=N–C) groups is 1. The van der Waals surface area contributed by atoms with Gasteiger partial charge < -0.3 is 0 Å². The van der Waals surface area contributed by atoms with E-state index < -0.39 is 0 Å². The number of allylic oxidation sites excluding steroid dienone is 3. The van der Waals surface area contributed by atoms with Gasteiger partial charge in [0.2, 0.25) is 0 Å². The van der Waals surface area contributed by atoms with Crippen LogP contribution in [-0.4, -0.2) is 13.3 Å². The van der Waals surface area contributed by atoms with Crippen LogP contribution in [0.1, 0.15) is 11.1 Å². The largest absolute Gasteiger partial charge is 0.296 e. The highest BCUT2D eigenvalue weighted by Gasteiger charge is 1.94. The smallest absolute Gasteiger partial charge is 0.0277 e. The molecule has 0 saturated carbocycles. The van der Waals surface area contributed by atoms with Crippen molar-refractivity contribution in [1.82, 2.24) is 0 Å². The summed E-state index contributed by atoms with van der Waals surface area (Å²) in [6, 6.07) is 8.37. The van der Waals surface area contributed by atoms with Crippen molar-refractivity contribution in [2.24, 2.45) is 4.99 Å². The van der Waals surface area contributed by atoms with E-state index in [4.69, 9.17) is 0 Å². The summed E-state index contributed by atoms with van der Waals surface area (Å²) in [5.74, 6) is 0. The molecule has 0 saturated heterocycles. The highest BCUT2D eigenvalue weighted by atomic mass is 14.6. The summed E-state index contributed by atoms with van der Waals surface area (Å²) >= 11 is 0. The van der Waals surface area contributed by atoms with Crippen molar-refractivity contribution in [1.29, 1.82) is 0 Å². The lowest BCUT2D eigenvalue weighted by atomic mass is 10.0. The third-order valence-corrected chi connectivity index (χ3v) is 2.01. The summed E-state index contributed by atoms with van der Waals surface area (Å²) < 4.78 is 0. The highest BCUT2D eigenvalue weighted by Crippen LogP contribution is 2.15. The third kappa shape index (κ3) is 2.70. The normalized spacial score (nSPS) is 12.0. The minimum Gasteiger partial charge on any atom is -0.296 e. The van der Waals surface area contributed by atoms with Gasteiger partial charge in [0, 0.05) is 13.3 Å². The fourth-order valence-electron chi connectivity index (χ4n) is 1.18. The number of hydrogen-bond acceptors (Lipinski definition) is 1. The number of hydrogen-bond donors (Lipinski definition) is 0. The van der Waals surface area contributed by atoms with Crippen LogP contribution in [0.4, 0.5) is 0 Å². The maximum absolute atomic E-state index is 3.92. The summed E-state index contributed by atoms with van der Waals surface area (Å²) in [6.45, 7) is 5.86. The molecule has 0 aromatic heterocycles. The molecule has 0 aliphatic carbocycles. The lowest BCUT2D eigenvalue weighted by Gasteiger charge is -2.01. The summed E-state index contributed by atoms with van der Waals surface area (Å²) in [6.07, 6.45) is 5.57. The molecule has 0 bridgehead atoms. The Balaban J connectivity index is 3.01. The quantitative estimate of drug-likeness (QED) is 0.506. The van der Waals surface area contributed by atoms with Crippen LogP contribution in [0, 0.1) is 6.92 Å². The van der Waals surface area contributed by atoms with Gasteiger partial charge in [-0.25, -0.2) is 0 Å². The molecule has 0 unspecified atom stereocenters. The minimum atomic E-state index is 1.09. The second-order valence-electron chi connectivity index (χ2n) is 3.10. The first kappa shape index (κ1) is 10.5. The van der Waals surface area contributed by atoms with Gasteiger partial charge in [0.05, 0.1) is 0 Å². The van der Waals surface area contributed by atoms with Gasteiger partial charge in [0.25, 0.3) is 0 Å². The molecule has 14 heavy (non-hydrogen) atoms. The Bertz CT molecular complexity index is 355. The van der Waals surface area contributed by atoms with Crippen molar-refractivity contribution >= 4 is 11.8 Å². The second-order valence-corrected chi connectivity index (χ2v) is 3.10. The Morgan fingerprint density at radius 3 is 2.43 bits per heavy atom. The maximum Gasteiger partial charge on any atom is 0.0277 e. The molecule has 1 heteroatoms. The fraction of sp³-hybridized carbons (Fsp3) is 0.154. The van der Waals surface area contributed by atoms with Crippen molar-refractivity contribution in [3.8, 4) is 0 Å². The molecule has 72 valence electrons. The van der Waals surface area contributed by atoms with Gasteiger partial charge in [-0.1, -0.05) is 42.5 Å². The molecule has 0 N–H and O–H groups in total. The monoisotopic (exact) mass is 185 g/mol. The molecule has 1 aromatic carbocycles. The van der Waals surface area contributed by atoms with Crippen LogP contribution < -0.4 is 0 Å². The van der Waals surface area contributed by atoms with Gasteiger partial charge in [0.15, 0.2) is 0 Å². The minimum absolute atomic E-state index is 1.09. The molecule has 1 rings (SSSR count). The first-order chi connectivity index (χ1) is 6.77. The maximum atomic E-state index is 3.92. The fourth-order valence-corrected chi connectivity index (χ4v) is 1.18. The van der Waals surface area contributed by atoms with Gasteiger partial charge in [-0.05, 0) is 24.1 Å². The predicted molar refractivity (Wildman–Crippen MR) is 63.8 cm³/mol. The van der Waals surface area contributed by atoms with Crippen LogP contribution in [0.2, 0.25) is 0 Å². The first-order valence-electron chi connectivity index (χ1n) is 4.60. The molecule has 1 nitrogen and oxygen atoms in total. The van der Waals surface area contributed by atoms with E-state index in [0.717, 1.165) is 5.57 Å². The molecular formula is C13H15N. The molecule has 0 fully saturated rings. The zero-order valence-electron chi connectivity index (χ0n) is 8.70. The summed E-state index contributed by atoms with van der Waals surface area (Å²) in [5.41, 5.74) is 3.53. The predicted octanol–water partition coefficient (Wildman–Crippen LogP) is 3.27. The molecule has 0 heterocycles. The Labute approximate surface area is 85.5 Å². The van der Waals surface area contributed by atoms with Gasteiger partial charge >= 0.3 is 0 Å². The second kappa shape index (κ2) is 5.18. The highest BCUT2D eigenvalue weighted by molar-refractivity contribution is 5.88. The van der Waals surface area contributed by atoms with E-state index in [0.29, 0.717) is 0 Å². The van der Waals surface area contributed by atoms with E-state index in [-0.39, 0.29) is 0 Å². The average molecular weight is 185 g/mol. The van der Waals surface area contributed by atoms with Gasteiger partial charge in [-0.2, -0.15) is 0 Å². The van der Waals surface area contributed by atoms with E-state index in [1.54, 1.807) is 13.3 Å². The summed E-state index contributed by atoms with van der Waals surface area (Å²) in [7, 11) is 1.76. The van der Waals surface area contributed by atoms with E-state index in [1.807, 2.05) is 12.2 Å².